The minimum absolute atomic E-state index is 0.00469. The molecule has 0 fully saturated rings. The fourth-order valence-electron chi connectivity index (χ4n) is 2.43. The number of hydrogen-bond donors (Lipinski definition) is 2. The fraction of sp³-hybridized carbons (Fsp3) is 0.286. The van der Waals surface area contributed by atoms with Crippen molar-refractivity contribution in [2.45, 2.75) is 25.7 Å². The Labute approximate surface area is 114 Å². The van der Waals surface area contributed by atoms with Crippen LogP contribution < -0.4 is 11.3 Å². The molecule has 2 aromatic heterocycles. The summed E-state index contributed by atoms with van der Waals surface area (Å²) in [6, 6.07) is 5.39. The number of nitrogens with one attached hydrogen (secondary N) is 1. The average molecular weight is 274 g/mol. The van der Waals surface area contributed by atoms with Gasteiger partial charge in [-0.1, -0.05) is 0 Å². The number of carbonyl (C=O) groups excluding carboxylic acids is 1. The molecule has 2 heterocycles. The monoisotopic (exact) mass is 274 g/mol. The first kappa shape index (κ1) is 12.2. The summed E-state index contributed by atoms with van der Waals surface area (Å²) in [5.41, 5.74) is 6.86. The maximum Gasteiger partial charge on any atom is 0.261 e. The number of pyridine rings is 1. The molecule has 0 atom stereocenters. The van der Waals surface area contributed by atoms with Crippen LogP contribution in [0.1, 0.15) is 33.6 Å². The number of aromatic nitrogens is 1. The molecule has 19 heavy (non-hydrogen) atoms. The third-order valence-electron chi connectivity index (χ3n) is 3.44. The summed E-state index contributed by atoms with van der Waals surface area (Å²) in [6.07, 6.45) is 4.73. The van der Waals surface area contributed by atoms with Crippen LogP contribution in [-0.2, 0) is 12.8 Å². The van der Waals surface area contributed by atoms with Crippen LogP contribution in [0.3, 0.4) is 0 Å². The molecule has 3 N–H and O–H groups in total. The molecule has 0 aromatic carbocycles. The van der Waals surface area contributed by atoms with E-state index in [2.05, 4.69) is 11.1 Å². The highest BCUT2D eigenvalue weighted by Gasteiger charge is 2.15. The van der Waals surface area contributed by atoms with Crippen LogP contribution in [-0.4, -0.2) is 10.9 Å². The van der Waals surface area contributed by atoms with Crippen molar-refractivity contribution in [3.8, 4) is 10.6 Å². The van der Waals surface area contributed by atoms with Gasteiger partial charge in [0.05, 0.1) is 10.6 Å². The van der Waals surface area contributed by atoms with Crippen molar-refractivity contribution in [2.24, 2.45) is 5.73 Å². The van der Waals surface area contributed by atoms with Gasteiger partial charge in [-0.3, -0.25) is 9.59 Å². The van der Waals surface area contributed by atoms with Crippen molar-refractivity contribution in [1.82, 2.24) is 4.98 Å². The van der Waals surface area contributed by atoms with Gasteiger partial charge in [-0.2, -0.15) is 0 Å². The Kier molecular flexibility index (Phi) is 2.98. The van der Waals surface area contributed by atoms with Gasteiger partial charge >= 0.3 is 0 Å². The van der Waals surface area contributed by atoms with E-state index in [4.69, 9.17) is 5.73 Å². The zero-order valence-corrected chi connectivity index (χ0v) is 11.2. The highest BCUT2D eigenvalue weighted by molar-refractivity contribution is 7.15. The average Bonchev–Trinajstić information content (AvgIpc) is 2.81. The zero-order valence-electron chi connectivity index (χ0n) is 10.4. The van der Waals surface area contributed by atoms with E-state index in [1.54, 1.807) is 17.4 Å². The fourth-order valence-corrected chi connectivity index (χ4v) is 3.67. The van der Waals surface area contributed by atoms with E-state index in [-0.39, 0.29) is 5.56 Å². The second-order valence-corrected chi connectivity index (χ2v) is 5.88. The molecule has 4 nitrogen and oxygen atoms in total. The lowest BCUT2D eigenvalue weighted by Gasteiger charge is -2.08. The topological polar surface area (TPSA) is 76.0 Å². The summed E-state index contributed by atoms with van der Waals surface area (Å²) in [5, 5.41) is 0. The van der Waals surface area contributed by atoms with Crippen molar-refractivity contribution in [3.05, 3.63) is 44.6 Å². The zero-order chi connectivity index (χ0) is 13.4. The number of aromatic amines is 1. The maximum absolute atomic E-state index is 11.7. The lowest BCUT2D eigenvalue weighted by molar-refractivity contribution is 0.0999. The third-order valence-corrected chi connectivity index (χ3v) is 4.71. The van der Waals surface area contributed by atoms with E-state index in [0.717, 1.165) is 23.4 Å². The summed E-state index contributed by atoms with van der Waals surface area (Å²) in [7, 11) is 0. The quantitative estimate of drug-likeness (QED) is 0.879. The Morgan fingerprint density at radius 1 is 1.26 bits per heavy atom. The van der Waals surface area contributed by atoms with E-state index in [0.29, 0.717) is 0 Å². The number of thiophene rings is 1. The van der Waals surface area contributed by atoms with Crippen molar-refractivity contribution >= 4 is 17.2 Å². The summed E-state index contributed by atoms with van der Waals surface area (Å²) in [5.74, 6) is -0.696. The van der Waals surface area contributed by atoms with Gasteiger partial charge < -0.3 is 10.7 Å². The van der Waals surface area contributed by atoms with Gasteiger partial charge in [-0.15, -0.1) is 11.3 Å². The Morgan fingerprint density at radius 3 is 2.74 bits per heavy atom. The Bertz CT molecular complexity index is 676. The molecule has 0 saturated carbocycles. The SMILES string of the molecule is NC(=O)c1ccc(-c2cc3c(s2)CCCC3)[nH]c1=O. The van der Waals surface area contributed by atoms with E-state index in [1.807, 2.05) is 0 Å². The second kappa shape index (κ2) is 4.66. The van der Waals surface area contributed by atoms with Gasteiger partial charge in [0, 0.05) is 4.88 Å². The first-order valence-corrected chi connectivity index (χ1v) is 7.12. The maximum atomic E-state index is 11.7. The Morgan fingerprint density at radius 2 is 2.05 bits per heavy atom. The van der Waals surface area contributed by atoms with Gasteiger partial charge in [0.1, 0.15) is 5.56 Å². The summed E-state index contributed by atoms with van der Waals surface area (Å²) < 4.78 is 0. The highest BCUT2D eigenvalue weighted by Crippen LogP contribution is 2.34. The lowest BCUT2D eigenvalue weighted by atomic mass is 9.99. The predicted octanol–water partition coefficient (Wildman–Crippen LogP) is 2.08. The van der Waals surface area contributed by atoms with E-state index in [1.165, 1.54) is 29.3 Å². The second-order valence-electron chi connectivity index (χ2n) is 4.75. The molecular weight excluding hydrogens is 260 g/mol. The third kappa shape index (κ3) is 2.21. The van der Waals surface area contributed by atoms with Crippen LogP contribution in [0.4, 0.5) is 0 Å². The summed E-state index contributed by atoms with van der Waals surface area (Å²) in [4.78, 5) is 28.0. The van der Waals surface area contributed by atoms with Crippen LogP contribution in [0, 0.1) is 0 Å². The van der Waals surface area contributed by atoms with Gasteiger partial charge in [0.25, 0.3) is 11.5 Å². The number of nitrogens with two attached hydrogens (primary N) is 1. The van der Waals surface area contributed by atoms with Crippen molar-refractivity contribution in [1.29, 1.82) is 0 Å². The summed E-state index contributed by atoms with van der Waals surface area (Å²) >= 11 is 1.73. The minimum atomic E-state index is -0.696. The summed E-state index contributed by atoms with van der Waals surface area (Å²) in [6.45, 7) is 0. The molecular formula is C14H14N2O2S. The molecule has 1 aliphatic rings. The number of carbonyl (C=O) groups is 1. The van der Waals surface area contributed by atoms with Crippen molar-refractivity contribution in [2.75, 3.05) is 0 Å². The molecule has 0 unspecified atom stereocenters. The van der Waals surface area contributed by atoms with E-state index in [9.17, 15) is 9.59 Å². The van der Waals surface area contributed by atoms with Crippen LogP contribution in [0.25, 0.3) is 10.6 Å². The Hall–Kier alpha value is -1.88. The molecule has 0 aliphatic heterocycles. The molecule has 5 heteroatoms. The molecule has 1 amide bonds. The minimum Gasteiger partial charge on any atom is -0.365 e. The molecule has 0 spiro atoms. The van der Waals surface area contributed by atoms with Crippen LogP contribution in [0.15, 0.2) is 23.0 Å². The van der Waals surface area contributed by atoms with Gasteiger partial charge in [-0.25, -0.2) is 0 Å². The molecule has 2 aromatic rings. The van der Waals surface area contributed by atoms with Gasteiger partial charge in [-0.05, 0) is 49.4 Å². The number of aryl methyl sites for hydroxylation is 2. The molecule has 0 radical (unpaired) electrons. The number of fused-ring (bicyclic) bond motifs is 1. The molecule has 3 rings (SSSR count). The van der Waals surface area contributed by atoms with Gasteiger partial charge in [0.15, 0.2) is 0 Å². The first-order chi connectivity index (χ1) is 9.15. The standard InChI is InChI=1S/C14H14N2O2S/c15-13(17)9-5-6-10(16-14(9)18)12-7-8-3-1-2-4-11(8)19-12/h5-7H,1-4H2,(H2,15,17)(H,16,18). The molecule has 0 bridgehead atoms. The van der Waals surface area contributed by atoms with E-state index < -0.39 is 11.5 Å². The first-order valence-electron chi connectivity index (χ1n) is 6.30. The predicted molar refractivity (Wildman–Crippen MR) is 75.5 cm³/mol. The number of primary amides is 1. The van der Waals surface area contributed by atoms with Crippen LogP contribution >= 0.6 is 11.3 Å². The van der Waals surface area contributed by atoms with Crippen molar-refractivity contribution < 1.29 is 4.79 Å². The molecule has 1 aliphatic carbocycles. The molecule has 0 saturated heterocycles. The number of hydrogen-bond acceptors (Lipinski definition) is 3. The highest BCUT2D eigenvalue weighted by atomic mass is 32.1. The largest absolute Gasteiger partial charge is 0.365 e. The number of amides is 1. The van der Waals surface area contributed by atoms with Gasteiger partial charge in [0.2, 0.25) is 0 Å². The smallest absolute Gasteiger partial charge is 0.261 e. The van der Waals surface area contributed by atoms with Crippen LogP contribution in [0.5, 0.6) is 0 Å². The Balaban J connectivity index is 2.03. The number of rotatable bonds is 2. The number of H-pyrrole nitrogens is 1. The van der Waals surface area contributed by atoms with E-state index >= 15 is 0 Å². The van der Waals surface area contributed by atoms with Crippen molar-refractivity contribution in [3.63, 3.8) is 0 Å². The normalized spacial score (nSPS) is 14.1. The molecule has 98 valence electrons. The lowest BCUT2D eigenvalue weighted by Crippen LogP contribution is -2.23. The van der Waals surface area contributed by atoms with Crippen LogP contribution in [0.2, 0.25) is 0 Å².